The van der Waals surface area contributed by atoms with Crippen molar-refractivity contribution < 1.29 is 4.79 Å². The molecule has 1 unspecified atom stereocenters. The normalized spacial score (nSPS) is 20.3. The monoisotopic (exact) mass is 385 g/mol. The lowest BCUT2D eigenvalue weighted by atomic mass is 9.90. The van der Waals surface area contributed by atoms with Crippen LogP contribution in [0.5, 0.6) is 0 Å². The summed E-state index contributed by atoms with van der Waals surface area (Å²) < 4.78 is 2.03. The number of fused-ring (bicyclic) bond motifs is 1. The molecule has 0 radical (unpaired) electrons. The molecule has 2 aliphatic rings. The van der Waals surface area contributed by atoms with Gasteiger partial charge in [0, 0.05) is 67.4 Å². The second-order valence-electron chi connectivity index (χ2n) is 7.17. The van der Waals surface area contributed by atoms with Crippen LogP contribution in [0.3, 0.4) is 0 Å². The maximum Gasteiger partial charge on any atom is 0.272 e. The van der Waals surface area contributed by atoms with Crippen LogP contribution >= 0.6 is 11.8 Å². The Labute approximate surface area is 164 Å². The van der Waals surface area contributed by atoms with Crippen molar-refractivity contribution in [1.82, 2.24) is 25.0 Å². The molecule has 0 bridgehead atoms. The molecular formula is C20H27N5OS. The van der Waals surface area contributed by atoms with E-state index in [0.717, 1.165) is 38.0 Å². The van der Waals surface area contributed by atoms with Crippen molar-refractivity contribution in [3.05, 3.63) is 47.0 Å². The van der Waals surface area contributed by atoms with Crippen molar-refractivity contribution in [2.75, 3.05) is 24.6 Å². The molecule has 1 aliphatic heterocycles. The second-order valence-corrected chi connectivity index (χ2v) is 8.40. The van der Waals surface area contributed by atoms with Crippen LogP contribution in [0.1, 0.15) is 40.7 Å². The van der Waals surface area contributed by atoms with E-state index in [-0.39, 0.29) is 5.91 Å². The van der Waals surface area contributed by atoms with E-state index in [9.17, 15) is 4.79 Å². The molecule has 1 amide bonds. The van der Waals surface area contributed by atoms with Gasteiger partial charge < -0.3 is 5.32 Å². The summed E-state index contributed by atoms with van der Waals surface area (Å²) in [5, 5.41) is 7.71. The maximum absolute atomic E-state index is 12.9. The Bertz CT molecular complexity index is 785. The highest BCUT2D eigenvalue weighted by molar-refractivity contribution is 7.99. The molecule has 7 heteroatoms. The Morgan fingerprint density at radius 1 is 1.30 bits per heavy atom. The Hall–Kier alpha value is -1.86. The van der Waals surface area contributed by atoms with Gasteiger partial charge in [-0.15, -0.1) is 0 Å². The SMILES string of the molecule is CCn1nc(C(=O)NCc2ccncc2)c2c1CCC(N1CCSCC1)C2. The van der Waals surface area contributed by atoms with Crippen LogP contribution in [0.4, 0.5) is 0 Å². The molecule has 6 nitrogen and oxygen atoms in total. The first kappa shape index (κ1) is 18.5. The number of pyridine rings is 1. The summed E-state index contributed by atoms with van der Waals surface area (Å²) in [7, 11) is 0. The molecule has 2 aromatic rings. The summed E-state index contributed by atoms with van der Waals surface area (Å²) in [6.07, 6.45) is 6.62. The van der Waals surface area contributed by atoms with Gasteiger partial charge in [-0.25, -0.2) is 0 Å². The Kier molecular flexibility index (Phi) is 5.78. The average Bonchev–Trinajstić information content (AvgIpc) is 3.11. The van der Waals surface area contributed by atoms with E-state index >= 15 is 0 Å². The van der Waals surface area contributed by atoms with Gasteiger partial charge in [0.2, 0.25) is 0 Å². The number of aromatic nitrogens is 3. The van der Waals surface area contributed by atoms with E-state index in [1.54, 1.807) is 12.4 Å². The molecule has 0 spiro atoms. The van der Waals surface area contributed by atoms with Crippen molar-refractivity contribution in [3.63, 3.8) is 0 Å². The van der Waals surface area contributed by atoms with Crippen LogP contribution in [0.2, 0.25) is 0 Å². The number of carbonyl (C=O) groups excluding carboxylic acids is 1. The number of nitrogens with one attached hydrogen (secondary N) is 1. The highest BCUT2D eigenvalue weighted by Crippen LogP contribution is 2.29. The number of hydrogen-bond donors (Lipinski definition) is 1. The first-order valence-corrected chi connectivity index (χ1v) is 11.0. The summed E-state index contributed by atoms with van der Waals surface area (Å²) in [6, 6.07) is 4.38. The lowest BCUT2D eigenvalue weighted by Gasteiger charge is -2.36. The fourth-order valence-electron chi connectivity index (χ4n) is 4.13. The van der Waals surface area contributed by atoms with Gasteiger partial charge in [-0.2, -0.15) is 16.9 Å². The number of rotatable bonds is 5. The van der Waals surface area contributed by atoms with Gasteiger partial charge in [0.25, 0.3) is 5.91 Å². The van der Waals surface area contributed by atoms with Crippen LogP contribution in [-0.2, 0) is 25.9 Å². The summed E-state index contributed by atoms with van der Waals surface area (Å²) >= 11 is 2.04. The third kappa shape index (κ3) is 4.04. The zero-order valence-electron chi connectivity index (χ0n) is 15.9. The molecule has 27 heavy (non-hydrogen) atoms. The lowest BCUT2D eigenvalue weighted by Crippen LogP contribution is -2.44. The van der Waals surface area contributed by atoms with Crippen molar-refractivity contribution >= 4 is 17.7 Å². The topological polar surface area (TPSA) is 63.1 Å². The quantitative estimate of drug-likeness (QED) is 0.854. The molecule has 0 aromatic carbocycles. The van der Waals surface area contributed by atoms with Gasteiger partial charge in [-0.1, -0.05) is 0 Å². The minimum absolute atomic E-state index is 0.0647. The summed E-state index contributed by atoms with van der Waals surface area (Å²) in [5.41, 5.74) is 4.09. The van der Waals surface area contributed by atoms with Crippen molar-refractivity contribution in [2.24, 2.45) is 0 Å². The highest BCUT2D eigenvalue weighted by Gasteiger charge is 2.31. The van der Waals surface area contributed by atoms with Gasteiger partial charge in [0.05, 0.1) is 0 Å². The first-order valence-electron chi connectivity index (χ1n) is 9.83. The van der Waals surface area contributed by atoms with Crippen molar-refractivity contribution in [2.45, 2.75) is 45.3 Å². The molecule has 0 saturated carbocycles. The van der Waals surface area contributed by atoms with E-state index in [0.29, 0.717) is 18.3 Å². The van der Waals surface area contributed by atoms with E-state index in [2.05, 4.69) is 27.2 Å². The van der Waals surface area contributed by atoms with Crippen LogP contribution in [0.15, 0.2) is 24.5 Å². The minimum atomic E-state index is -0.0647. The molecule has 144 valence electrons. The molecule has 3 heterocycles. The largest absolute Gasteiger partial charge is 0.347 e. The third-order valence-electron chi connectivity index (χ3n) is 5.60. The standard InChI is InChI=1S/C20H27N5OS/c1-2-25-18-4-3-16(24-9-11-27-12-10-24)13-17(18)19(23-25)20(26)22-14-15-5-7-21-8-6-15/h5-8,16H,2-4,9-14H2,1H3,(H,22,26). The van der Waals surface area contributed by atoms with E-state index in [1.165, 1.54) is 29.2 Å². The summed E-state index contributed by atoms with van der Waals surface area (Å²) in [5.74, 6) is 2.37. The molecular weight excluding hydrogens is 358 g/mol. The molecule has 1 fully saturated rings. The molecule has 4 rings (SSSR count). The molecule has 1 N–H and O–H groups in total. The second kappa shape index (κ2) is 8.44. The van der Waals surface area contributed by atoms with Crippen molar-refractivity contribution in [1.29, 1.82) is 0 Å². The predicted molar refractivity (Wildman–Crippen MR) is 108 cm³/mol. The zero-order chi connectivity index (χ0) is 18.6. The fourth-order valence-corrected chi connectivity index (χ4v) is 5.07. The number of hydrogen-bond acceptors (Lipinski definition) is 5. The van der Waals surface area contributed by atoms with Crippen LogP contribution in [0.25, 0.3) is 0 Å². The van der Waals surface area contributed by atoms with Gasteiger partial charge in [-0.3, -0.25) is 19.4 Å². The Morgan fingerprint density at radius 2 is 2.07 bits per heavy atom. The van der Waals surface area contributed by atoms with Gasteiger partial charge >= 0.3 is 0 Å². The molecule has 1 atom stereocenters. The maximum atomic E-state index is 12.9. The van der Waals surface area contributed by atoms with E-state index in [4.69, 9.17) is 0 Å². The average molecular weight is 386 g/mol. The minimum Gasteiger partial charge on any atom is -0.347 e. The Balaban J connectivity index is 1.51. The first-order chi connectivity index (χ1) is 13.3. The fraction of sp³-hybridized carbons (Fsp3) is 0.550. The van der Waals surface area contributed by atoms with Gasteiger partial charge in [0.1, 0.15) is 0 Å². The van der Waals surface area contributed by atoms with Gasteiger partial charge in [0.15, 0.2) is 5.69 Å². The number of nitrogens with zero attached hydrogens (tertiary/aromatic N) is 4. The Morgan fingerprint density at radius 3 is 2.81 bits per heavy atom. The number of carbonyl (C=O) groups is 1. The van der Waals surface area contributed by atoms with E-state index < -0.39 is 0 Å². The lowest BCUT2D eigenvalue weighted by molar-refractivity contribution is 0.0943. The molecule has 1 saturated heterocycles. The number of thioether (sulfide) groups is 1. The smallest absolute Gasteiger partial charge is 0.272 e. The van der Waals surface area contributed by atoms with Gasteiger partial charge in [-0.05, 0) is 43.9 Å². The van der Waals surface area contributed by atoms with Crippen LogP contribution in [-0.4, -0.2) is 56.2 Å². The van der Waals surface area contributed by atoms with Crippen molar-refractivity contribution in [3.8, 4) is 0 Å². The van der Waals surface area contributed by atoms with Crippen LogP contribution in [0, 0.1) is 0 Å². The van der Waals surface area contributed by atoms with E-state index in [1.807, 2.05) is 28.6 Å². The summed E-state index contributed by atoms with van der Waals surface area (Å²) in [6.45, 7) is 5.74. The molecule has 2 aromatic heterocycles. The molecule has 1 aliphatic carbocycles. The predicted octanol–water partition coefficient (Wildman–Crippen LogP) is 2.13. The highest BCUT2D eigenvalue weighted by atomic mass is 32.2. The number of aryl methyl sites for hydroxylation is 1. The third-order valence-corrected chi connectivity index (χ3v) is 6.54. The van der Waals surface area contributed by atoms with Crippen LogP contribution < -0.4 is 5.32 Å². The zero-order valence-corrected chi connectivity index (χ0v) is 16.7. The summed E-state index contributed by atoms with van der Waals surface area (Å²) in [4.78, 5) is 19.5. The number of amides is 1.